The molecule has 0 spiro atoms. The normalized spacial score (nSPS) is 24.9. The molecule has 3 nitrogen and oxygen atoms in total. The second-order valence-corrected chi connectivity index (χ2v) is 4.51. The highest BCUT2D eigenvalue weighted by Crippen LogP contribution is 2.48. The third-order valence-electron chi connectivity index (χ3n) is 3.02. The van der Waals surface area contributed by atoms with Gasteiger partial charge in [0.25, 0.3) is 5.79 Å². The van der Waals surface area contributed by atoms with Gasteiger partial charge in [0.2, 0.25) is 5.76 Å². The Morgan fingerprint density at radius 1 is 1.35 bits per heavy atom. The maximum absolute atomic E-state index is 10.7. The summed E-state index contributed by atoms with van der Waals surface area (Å²) in [5.74, 6) is -1.42. The summed E-state index contributed by atoms with van der Waals surface area (Å²) >= 11 is 0. The zero-order valence-corrected chi connectivity index (χ0v) is 10.3. The number of hydrogen-bond acceptors (Lipinski definition) is 3. The van der Waals surface area contributed by atoms with Gasteiger partial charge in [0, 0.05) is 5.56 Å². The van der Waals surface area contributed by atoms with E-state index in [1.807, 2.05) is 38.1 Å². The molecule has 90 valence electrons. The molecule has 1 unspecified atom stereocenters. The summed E-state index contributed by atoms with van der Waals surface area (Å²) < 4.78 is 10.8. The van der Waals surface area contributed by atoms with Crippen LogP contribution in [0.2, 0.25) is 0 Å². The van der Waals surface area contributed by atoms with Crippen LogP contribution in [-0.4, -0.2) is 12.2 Å². The van der Waals surface area contributed by atoms with E-state index >= 15 is 0 Å². The molecule has 0 amide bonds. The van der Waals surface area contributed by atoms with Gasteiger partial charge in [-0.15, -0.1) is 0 Å². The fourth-order valence-electron chi connectivity index (χ4n) is 2.28. The van der Waals surface area contributed by atoms with E-state index in [1.54, 1.807) is 0 Å². The van der Waals surface area contributed by atoms with Gasteiger partial charge in [-0.25, -0.2) is 0 Å². The number of hydrogen-bond donors (Lipinski definition) is 1. The molecule has 1 aliphatic heterocycles. The smallest absolute Gasteiger partial charge is 0.261 e. The standard InChI is InChI=1S/C14H16O3/c1-5-12(16-4)14(15)11-9-7-6-8-10(11)13(2,3)17-14/h6-9,15H,1H2,2-4H3. The van der Waals surface area contributed by atoms with Gasteiger partial charge in [0.05, 0.1) is 12.7 Å². The van der Waals surface area contributed by atoms with Crippen LogP contribution in [0.3, 0.4) is 0 Å². The van der Waals surface area contributed by atoms with Crippen molar-refractivity contribution in [1.82, 2.24) is 0 Å². The van der Waals surface area contributed by atoms with E-state index in [9.17, 15) is 5.11 Å². The second kappa shape index (κ2) is 3.74. The molecule has 0 bridgehead atoms. The van der Waals surface area contributed by atoms with Crippen LogP contribution in [0.5, 0.6) is 0 Å². The van der Waals surface area contributed by atoms with Gasteiger partial charge < -0.3 is 14.6 Å². The van der Waals surface area contributed by atoms with Crippen molar-refractivity contribution in [2.45, 2.75) is 25.2 Å². The molecule has 1 atom stereocenters. The molecule has 0 saturated carbocycles. The molecule has 3 heteroatoms. The number of methoxy groups -OCH3 is 1. The molecule has 1 N–H and O–H groups in total. The Bertz CT molecular complexity index is 498. The summed E-state index contributed by atoms with van der Waals surface area (Å²) in [5.41, 5.74) is 3.62. The molecule has 2 rings (SSSR count). The van der Waals surface area contributed by atoms with Crippen LogP contribution in [0.25, 0.3) is 0 Å². The van der Waals surface area contributed by atoms with E-state index in [0.29, 0.717) is 5.56 Å². The molecular weight excluding hydrogens is 216 g/mol. The molecule has 1 aromatic carbocycles. The Kier molecular flexibility index (Phi) is 2.63. The van der Waals surface area contributed by atoms with E-state index < -0.39 is 11.4 Å². The fourth-order valence-corrected chi connectivity index (χ4v) is 2.28. The Morgan fingerprint density at radius 3 is 2.47 bits per heavy atom. The third-order valence-corrected chi connectivity index (χ3v) is 3.02. The maximum atomic E-state index is 10.7. The summed E-state index contributed by atoms with van der Waals surface area (Å²) in [6, 6.07) is 7.52. The van der Waals surface area contributed by atoms with Crippen molar-refractivity contribution in [2.75, 3.05) is 7.11 Å². The fraction of sp³-hybridized carbons (Fsp3) is 0.357. The predicted molar refractivity (Wildman–Crippen MR) is 64.1 cm³/mol. The van der Waals surface area contributed by atoms with Gasteiger partial charge in [0.15, 0.2) is 0 Å². The first-order valence-corrected chi connectivity index (χ1v) is 5.43. The minimum atomic E-state index is -1.60. The van der Waals surface area contributed by atoms with E-state index in [4.69, 9.17) is 9.47 Å². The van der Waals surface area contributed by atoms with Crippen molar-refractivity contribution in [2.24, 2.45) is 0 Å². The maximum Gasteiger partial charge on any atom is 0.261 e. The number of fused-ring (bicyclic) bond motifs is 1. The largest absolute Gasteiger partial charge is 0.488 e. The van der Waals surface area contributed by atoms with Gasteiger partial charge >= 0.3 is 0 Å². The Hall–Kier alpha value is -1.54. The molecule has 0 saturated heterocycles. The Labute approximate surface area is 101 Å². The van der Waals surface area contributed by atoms with E-state index in [1.165, 1.54) is 7.11 Å². The Balaban J connectivity index is 2.66. The van der Waals surface area contributed by atoms with Crippen LogP contribution >= 0.6 is 0 Å². The van der Waals surface area contributed by atoms with Crippen LogP contribution < -0.4 is 0 Å². The highest BCUT2D eigenvalue weighted by Gasteiger charge is 2.51. The van der Waals surface area contributed by atoms with Crippen LogP contribution in [0.15, 0.2) is 42.3 Å². The molecule has 1 aliphatic rings. The lowest BCUT2D eigenvalue weighted by molar-refractivity contribution is -0.242. The van der Waals surface area contributed by atoms with Crippen molar-refractivity contribution in [3.63, 3.8) is 0 Å². The average molecular weight is 232 g/mol. The monoisotopic (exact) mass is 232 g/mol. The summed E-state index contributed by atoms with van der Waals surface area (Å²) in [7, 11) is 1.46. The minimum absolute atomic E-state index is 0.176. The zero-order chi connectivity index (χ0) is 12.7. The summed E-state index contributed by atoms with van der Waals surface area (Å²) in [6.45, 7) is 7.32. The quantitative estimate of drug-likeness (QED) is 0.628. The van der Waals surface area contributed by atoms with Gasteiger partial charge in [-0.3, -0.25) is 0 Å². The van der Waals surface area contributed by atoms with Crippen molar-refractivity contribution in [3.8, 4) is 0 Å². The Morgan fingerprint density at radius 2 is 1.94 bits per heavy atom. The van der Waals surface area contributed by atoms with Gasteiger partial charge in [-0.1, -0.05) is 36.6 Å². The molecule has 0 aromatic heterocycles. The van der Waals surface area contributed by atoms with Crippen molar-refractivity contribution < 1.29 is 14.6 Å². The van der Waals surface area contributed by atoms with Gasteiger partial charge in [-0.05, 0) is 19.4 Å². The van der Waals surface area contributed by atoms with Gasteiger partial charge in [-0.2, -0.15) is 0 Å². The van der Waals surface area contributed by atoms with Crippen LogP contribution in [0, 0.1) is 0 Å². The highest BCUT2D eigenvalue weighted by molar-refractivity contribution is 5.42. The molecule has 0 aliphatic carbocycles. The first-order chi connectivity index (χ1) is 7.95. The van der Waals surface area contributed by atoms with E-state index in [2.05, 4.69) is 12.3 Å². The third kappa shape index (κ3) is 1.60. The number of benzene rings is 1. The zero-order valence-electron chi connectivity index (χ0n) is 10.3. The topological polar surface area (TPSA) is 38.7 Å². The van der Waals surface area contributed by atoms with Crippen molar-refractivity contribution >= 4 is 0 Å². The lowest BCUT2D eigenvalue weighted by Gasteiger charge is -2.27. The molecule has 0 fully saturated rings. The average Bonchev–Trinajstić information content (AvgIpc) is 2.50. The summed E-state index contributed by atoms with van der Waals surface area (Å²) in [6.07, 6.45) is 0. The molecular formula is C14H16O3. The van der Waals surface area contributed by atoms with Gasteiger partial charge in [0.1, 0.15) is 0 Å². The van der Waals surface area contributed by atoms with Crippen LogP contribution in [0.1, 0.15) is 25.0 Å². The first kappa shape index (κ1) is 11.9. The van der Waals surface area contributed by atoms with Crippen molar-refractivity contribution in [3.05, 3.63) is 53.5 Å². The number of rotatable bonds is 2. The minimum Gasteiger partial charge on any atom is -0.488 e. The number of aliphatic hydroxyl groups is 1. The highest BCUT2D eigenvalue weighted by atomic mass is 16.7. The lowest BCUT2D eigenvalue weighted by Crippen LogP contribution is -2.31. The van der Waals surface area contributed by atoms with E-state index in [-0.39, 0.29) is 5.76 Å². The predicted octanol–water partition coefficient (Wildman–Crippen LogP) is 2.41. The van der Waals surface area contributed by atoms with Crippen LogP contribution in [0.4, 0.5) is 0 Å². The SMILES string of the molecule is C=C=C(OC)C1(O)OC(C)(C)c2ccccc21. The summed E-state index contributed by atoms with van der Waals surface area (Å²) in [5, 5.41) is 10.7. The van der Waals surface area contributed by atoms with Crippen LogP contribution in [-0.2, 0) is 20.9 Å². The molecule has 1 heterocycles. The molecule has 17 heavy (non-hydrogen) atoms. The first-order valence-electron chi connectivity index (χ1n) is 5.43. The molecule has 1 aromatic rings. The van der Waals surface area contributed by atoms with E-state index in [0.717, 1.165) is 5.56 Å². The molecule has 0 radical (unpaired) electrons. The lowest BCUT2D eigenvalue weighted by atomic mass is 9.93. The number of ether oxygens (including phenoxy) is 2. The second-order valence-electron chi connectivity index (χ2n) is 4.51. The summed E-state index contributed by atoms with van der Waals surface area (Å²) in [4.78, 5) is 0. The van der Waals surface area contributed by atoms with Crippen molar-refractivity contribution in [1.29, 1.82) is 0 Å².